The average molecular weight is 209 g/mol. The molecule has 0 aliphatic rings. The molecule has 0 aliphatic heterocycles. The van der Waals surface area contributed by atoms with Gasteiger partial charge in [0.1, 0.15) is 0 Å². The molecule has 64 valence electrons. The van der Waals surface area contributed by atoms with E-state index in [1.54, 1.807) is 0 Å². The molecule has 6 heteroatoms. The third kappa shape index (κ3) is 11.3. The Kier molecular flexibility index (Phi) is 8.15. The maximum atomic E-state index is 10.0. The lowest BCUT2D eigenvalue weighted by Gasteiger charge is -1.92. The van der Waals surface area contributed by atoms with Gasteiger partial charge in [-0.15, -0.1) is 24.0 Å². The van der Waals surface area contributed by atoms with Crippen LogP contribution in [0.4, 0.5) is 0 Å². The monoisotopic (exact) mass is 208 g/mol. The van der Waals surface area contributed by atoms with Gasteiger partial charge in [-0.3, -0.25) is 4.55 Å². The second-order valence-corrected chi connectivity index (χ2v) is 3.63. The molecule has 0 aromatic heterocycles. The molecule has 0 radical (unpaired) electrons. The van der Waals surface area contributed by atoms with Crippen molar-refractivity contribution in [3.8, 4) is 0 Å². The lowest BCUT2D eigenvalue weighted by Crippen LogP contribution is -2.03. The van der Waals surface area contributed by atoms with E-state index in [9.17, 15) is 8.42 Å². The van der Waals surface area contributed by atoms with Gasteiger partial charge in [-0.2, -0.15) is 8.42 Å². The van der Waals surface area contributed by atoms with E-state index in [0.29, 0.717) is 18.7 Å². The summed E-state index contributed by atoms with van der Waals surface area (Å²) in [5.74, 6) is 0.259. The standard InChI is InChI=1S/C4H9ClO3S.ClH/c5-3-1-2-4-9(6,7)8;/h1-4H2,(H,6,7,8);1H. The summed E-state index contributed by atoms with van der Waals surface area (Å²) in [6.45, 7) is 0. The van der Waals surface area contributed by atoms with Gasteiger partial charge in [0.2, 0.25) is 0 Å². The Morgan fingerprint density at radius 1 is 1.30 bits per heavy atom. The normalized spacial score (nSPS) is 10.6. The van der Waals surface area contributed by atoms with Crippen molar-refractivity contribution in [2.75, 3.05) is 11.6 Å². The maximum absolute atomic E-state index is 10.0. The first-order chi connectivity index (χ1) is 4.06. The van der Waals surface area contributed by atoms with Crippen molar-refractivity contribution in [3.05, 3.63) is 0 Å². The zero-order chi connectivity index (χ0) is 7.33. The van der Waals surface area contributed by atoms with Crippen LogP contribution in [-0.2, 0) is 10.1 Å². The first kappa shape index (κ1) is 13.1. The van der Waals surface area contributed by atoms with Crippen molar-refractivity contribution >= 4 is 34.1 Å². The molecule has 0 aromatic rings. The van der Waals surface area contributed by atoms with Crippen LogP contribution in [0.2, 0.25) is 0 Å². The summed E-state index contributed by atoms with van der Waals surface area (Å²) < 4.78 is 28.2. The molecule has 0 spiro atoms. The fourth-order valence-corrected chi connectivity index (χ4v) is 1.14. The Balaban J connectivity index is 0. The van der Waals surface area contributed by atoms with E-state index in [1.807, 2.05) is 0 Å². The Bertz CT molecular complexity index is 154. The molecule has 3 nitrogen and oxygen atoms in total. The molecular weight excluding hydrogens is 199 g/mol. The molecule has 0 rings (SSSR count). The molecule has 0 atom stereocenters. The van der Waals surface area contributed by atoms with Crippen LogP contribution in [0, 0.1) is 0 Å². The highest BCUT2D eigenvalue weighted by molar-refractivity contribution is 7.85. The number of hydrogen-bond donors (Lipinski definition) is 1. The van der Waals surface area contributed by atoms with E-state index in [4.69, 9.17) is 16.2 Å². The third-order valence-electron chi connectivity index (χ3n) is 0.786. The summed E-state index contributed by atoms with van der Waals surface area (Å²) in [5.41, 5.74) is 0. The zero-order valence-corrected chi connectivity index (χ0v) is 7.68. The van der Waals surface area contributed by atoms with Gasteiger partial charge in [0, 0.05) is 5.88 Å². The lowest BCUT2D eigenvalue weighted by molar-refractivity contribution is 0.481. The minimum absolute atomic E-state index is 0. The summed E-state index contributed by atoms with van der Waals surface area (Å²) in [7, 11) is -3.76. The maximum Gasteiger partial charge on any atom is 0.264 e. The Hall–Kier alpha value is 0.490. The van der Waals surface area contributed by atoms with Crippen molar-refractivity contribution < 1.29 is 13.0 Å². The van der Waals surface area contributed by atoms with Crippen molar-refractivity contribution in [1.82, 2.24) is 0 Å². The summed E-state index contributed by atoms with van der Waals surface area (Å²) in [6, 6.07) is 0. The first-order valence-corrected chi connectivity index (χ1v) is 4.72. The third-order valence-corrected chi connectivity index (χ3v) is 1.86. The smallest absolute Gasteiger partial charge is 0.264 e. The highest BCUT2D eigenvalue weighted by Gasteiger charge is 2.01. The van der Waals surface area contributed by atoms with Gasteiger partial charge in [-0.05, 0) is 12.8 Å². The molecule has 10 heavy (non-hydrogen) atoms. The van der Waals surface area contributed by atoms with E-state index < -0.39 is 10.1 Å². The fraction of sp³-hybridized carbons (Fsp3) is 1.00. The fourth-order valence-electron chi connectivity index (χ4n) is 0.379. The highest BCUT2D eigenvalue weighted by atomic mass is 35.5. The first-order valence-electron chi connectivity index (χ1n) is 2.57. The largest absolute Gasteiger partial charge is 0.286 e. The van der Waals surface area contributed by atoms with Crippen LogP contribution in [0.1, 0.15) is 12.8 Å². The Morgan fingerprint density at radius 3 is 2.10 bits per heavy atom. The van der Waals surface area contributed by atoms with Crippen LogP contribution in [0.15, 0.2) is 0 Å². The molecule has 1 N–H and O–H groups in total. The molecule has 0 amide bonds. The van der Waals surface area contributed by atoms with Crippen LogP contribution in [0.25, 0.3) is 0 Å². The van der Waals surface area contributed by atoms with Crippen molar-refractivity contribution in [2.45, 2.75) is 12.8 Å². The number of halogens is 2. The van der Waals surface area contributed by atoms with Crippen LogP contribution >= 0.6 is 24.0 Å². The van der Waals surface area contributed by atoms with E-state index >= 15 is 0 Å². The molecule has 0 aromatic carbocycles. The molecule has 0 bridgehead atoms. The number of rotatable bonds is 4. The predicted molar refractivity (Wildman–Crippen MR) is 43.6 cm³/mol. The molecule has 0 fully saturated rings. The number of unbranched alkanes of at least 4 members (excludes halogenated alkanes) is 1. The van der Waals surface area contributed by atoms with Crippen LogP contribution in [0.3, 0.4) is 0 Å². The quantitative estimate of drug-likeness (QED) is 0.431. The minimum atomic E-state index is -3.76. The Morgan fingerprint density at radius 2 is 1.80 bits per heavy atom. The van der Waals surface area contributed by atoms with E-state index in [1.165, 1.54) is 0 Å². The predicted octanol–water partition coefficient (Wildman–Crippen LogP) is 1.31. The molecule has 0 heterocycles. The van der Waals surface area contributed by atoms with Gasteiger partial charge >= 0.3 is 0 Å². The van der Waals surface area contributed by atoms with Gasteiger partial charge in [-0.25, -0.2) is 0 Å². The molecule has 0 saturated heterocycles. The van der Waals surface area contributed by atoms with Crippen LogP contribution in [0.5, 0.6) is 0 Å². The number of alkyl halides is 1. The molecular formula is C4H10Cl2O3S. The summed E-state index contributed by atoms with van der Waals surface area (Å²) in [5, 5.41) is 0. The Labute approximate surface area is 71.9 Å². The zero-order valence-electron chi connectivity index (χ0n) is 5.29. The summed E-state index contributed by atoms with van der Waals surface area (Å²) in [6.07, 6.45) is 1.06. The second-order valence-electron chi connectivity index (χ2n) is 1.68. The average Bonchev–Trinajstić information content (AvgIpc) is 1.63. The summed E-state index contributed by atoms with van der Waals surface area (Å²) >= 11 is 5.25. The molecule has 0 saturated carbocycles. The van der Waals surface area contributed by atoms with Crippen molar-refractivity contribution in [2.24, 2.45) is 0 Å². The van der Waals surface area contributed by atoms with Crippen molar-refractivity contribution in [3.63, 3.8) is 0 Å². The lowest BCUT2D eigenvalue weighted by atomic mass is 10.4. The van der Waals surface area contributed by atoms with Gasteiger partial charge < -0.3 is 0 Å². The van der Waals surface area contributed by atoms with Gasteiger partial charge in [0.05, 0.1) is 5.75 Å². The van der Waals surface area contributed by atoms with Crippen LogP contribution < -0.4 is 0 Å². The topological polar surface area (TPSA) is 54.4 Å². The number of hydrogen-bond acceptors (Lipinski definition) is 2. The van der Waals surface area contributed by atoms with Gasteiger partial charge in [-0.1, -0.05) is 0 Å². The molecule has 0 aliphatic carbocycles. The second kappa shape index (κ2) is 6.22. The van der Waals surface area contributed by atoms with E-state index in [0.717, 1.165) is 0 Å². The van der Waals surface area contributed by atoms with Gasteiger partial charge in [0.25, 0.3) is 10.1 Å². The van der Waals surface area contributed by atoms with E-state index in [2.05, 4.69) is 0 Å². The molecule has 0 unspecified atom stereocenters. The minimum Gasteiger partial charge on any atom is -0.286 e. The van der Waals surface area contributed by atoms with E-state index in [-0.39, 0.29) is 18.2 Å². The van der Waals surface area contributed by atoms with Gasteiger partial charge in [0.15, 0.2) is 0 Å². The summed E-state index contributed by atoms with van der Waals surface area (Å²) in [4.78, 5) is 0. The SMILES string of the molecule is Cl.O=S(=O)(O)CCCCCl. The van der Waals surface area contributed by atoms with Crippen molar-refractivity contribution in [1.29, 1.82) is 0 Å². The highest BCUT2D eigenvalue weighted by Crippen LogP contribution is 1.94. The van der Waals surface area contributed by atoms with Crippen LogP contribution in [-0.4, -0.2) is 24.6 Å².